The Kier molecular flexibility index (Phi) is 7.02. The van der Waals surface area contributed by atoms with Crippen molar-refractivity contribution in [2.45, 2.75) is 18.6 Å². The van der Waals surface area contributed by atoms with E-state index >= 15 is 0 Å². The molecule has 33 heavy (non-hydrogen) atoms. The van der Waals surface area contributed by atoms with E-state index in [-0.39, 0.29) is 17.3 Å². The van der Waals surface area contributed by atoms with Gasteiger partial charge in [0, 0.05) is 40.2 Å². The number of benzene rings is 2. The lowest BCUT2D eigenvalue weighted by molar-refractivity contribution is -0.384. The molecule has 4 aromatic rings. The quantitative estimate of drug-likeness (QED) is 0.196. The van der Waals surface area contributed by atoms with Crippen molar-refractivity contribution < 1.29 is 9.72 Å². The molecule has 2 aromatic carbocycles. The van der Waals surface area contributed by atoms with Gasteiger partial charge in [-0.15, -0.1) is 21.5 Å². The number of nitrogens with zero attached hydrogens (tertiary/aromatic N) is 5. The third-order valence-corrected chi connectivity index (χ3v) is 6.55. The topological polar surface area (TPSA) is 116 Å². The summed E-state index contributed by atoms with van der Waals surface area (Å²) in [5.74, 6) is 0.402. The van der Waals surface area contributed by atoms with Gasteiger partial charge in [0.1, 0.15) is 0 Å². The van der Waals surface area contributed by atoms with Crippen molar-refractivity contribution in [1.29, 1.82) is 0 Å². The van der Waals surface area contributed by atoms with E-state index < -0.39 is 4.92 Å². The molecule has 0 saturated carbocycles. The Labute approximate surface area is 202 Å². The summed E-state index contributed by atoms with van der Waals surface area (Å²) in [5, 5.41) is 25.8. The molecule has 9 nitrogen and oxygen atoms in total. The van der Waals surface area contributed by atoms with Gasteiger partial charge in [-0.1, -0.05) is 47.6 Å². The monoisotopic (exact) mass is 500 g/mol. The number of non-ortho nitro benzene ring substituents is 1. The molecule has 168 valence electrons. The molecule has 0 saturated heterocycles. The number of carbonyl (C=O) groups is 1. The molecule has 4 rings (SSSR count). The van der Waals surface area contributed by atoms with Crippen LogP contribution in [0.3, 0.4) is 0 Å². The summed E-state index contributed by atoms with van der Waals surface area (Å²) in [6, 6.07) is 13.5. The van der Waals surface area contributed by atoms with Crippen molar-refractivity contribution in [3.63, 3.8) is 0 Å². The van der Waals surface area contributed by atoms with Gasteiger partial charge in [-0.3, -0.25) is 14.9 Å². The lowest BCUT2D eigenvalue weighted by Crippen LogP contribution is -2.14. The smallest absolute Gasteiger partial charge is 0.270 e. The summed E-state index contributed by atoms with van der Waals surface area (Å²) in [6.45, 7) is 2.47. The first-order valence-corrected chi connectivity index (χ1v) is 12.0. The molecule has 0 unspecified atom stereocenters. The maximum absolute atomic E-state index is 12.5. The first-order valence-electron chi connectivity index (χ1n) is 9.76. The molecule has 0 spiro atoms. The molecule has 12 heteroatoms. The number of nitrogens with one attached hydrogen (secondary N) is 1. The van der Waals surface area contributed by atoms with E-state index in [1.165, 1.54) is 35.2 Å². The van der Waals surface area contributed by atoms with E-state index in [9.17, 15) is 14.9 Å². The standard InChI is InChI=1S/C21H17ClN6O3S2/c1-2-27-19(14-4-3-5-16(10-14)28(30)31)25-26-21(27)33-12-18(29)24-20-23-17(11-32-20)13-6-8-15(22)9-7-13/h3-11H,2,12H2,1H3,(H,23,24,29). The average Bonchev–Trinajstić information content (AvgIpc) is 3.45. The molecule has 0 aliphatic heterocycles. The van der Waals surface area contributed by atoms with Crippen LogP contribution in [0.5, 0.6) is 0 Å². The van der Waals surface area contributed by atoms with Gasteiger partial charge in [0.15, 0.2) is 16.1 Å². The number of aromatic nitrogens is 4. The SMILES string of the molecule is CCn1c(SCC(=O)Nc2nc(-c3ccc(Cl)cc3)cs2)nnc1-c1cccc([N+](=O)[O-])c1. The Bertz CT molecular complexity index is 1310. The normalized spacial score (nSPS) is 10.8. The Balaban J connectivity index is 1.41. The van der Waals surface area contributed by atoms with Gasteiger partial charge in [-0.2, -0.15) is 0 Å². The fourth-order valence-corrected chi connectivity index (χ4v) is 4.69. The van der Waals surface area contributed by atoms with Crippen LogP contribution in [-0.4, -0.2) is 36.3 Å². The minimum Gasteiger partial charge on any atom is -0.302 e. The van der Waals surface area contributed by atoms with Gasteiger partial charge in [0.2, 0.25) is 5.91 Å². The van der Waals surface area contributed by atoms with Crippen molar-refractivity contribution in [1.82, 2.24) is 19.7 Å². The van der Waals surface area contributed by atoms with Crippen LogP contribution in [0.1, 0.15) is 6.92 Å². The number of rotatable bonds is 8. The summed E-state index contributed by atoms with van der Waals surface area (Å²) in [7, 11) is 0. The minimum atomic E-state index is -0.451. The van der Waals surface area contributed by atoms with Gasteiger partial charge in [0.25, 0.3) is 5.69 Å². The summed E-state index contributed by atoms with van der Waals surface area (Å²) in [5.41, 5.74) is 2.24. The highest BCUT2D eigenvalue weighted by molar-refractivity contribution is 7.99. The molecule has 0 bridgehead atoms. The highest BCUT2D eigenvalue weighted by Crippen LogP contribution is 2.28. The predicted molar refractivity (Wildman–Crippen MR) is 130 cm³/mol. The Morgan fingerprint density at radius 2 is 2.00 bits per heavy atom. The third kappa shape index (κ3) is 5.38. The van der Waals surface area contributed by atoms with Crippen LogP contribution >= 0.6 is 34.7 Å². The molecule has 1 amide bonds. The Hall–Kier alpha value is -3.28. The van der Waals surface area contributed by atoms with Crippen LogP contribution in [0.2, 0.25) is 5.02 Å². The molecule has 2 aromatic heterocycles. The van der Waals surface area contributed by atoms with Crippen LogP contribution in [0.25, 0.3) is 22.6 Å². The second kappa shape index (κ2) is 10.1. The predicted octanol–water partition coefficient (Wildman–Crippen LogP) is 5.38. The largest absolute Gasteiger partial charge is 0.302 e. The average molecular weight is 501 g/mol. The van der Waals surface area contributed by atoms with Gasteiger partial charge >= 0.3 is 0 Å². The van der Waals surface area contributed by atoms with E-state index in [0.29, 0.717) is 33.2 Å². The third-order valence-electron chi connectivity index (χ3n) is 4.57. The van der Waals surface area contributed by atoms with E-state index in [0.717, 1.165) is 11.3 Å². The number of carbonyl (C=O) groups excluding carboxylic acids is 1. The Morgan fingerprint density at radius 3 is 2.73 bits per heavy atom. The first-order chi connectivity index (χ1) is 15.9. The number of hydrogen-bond donors (Lipinski definition) is 1. The molecule has 1 N–H and O–H groups in total. The molecule has 2 heterocycles. The van der Waals surface area contributed by atoms with Gasteiger partial charge in [-0.05, 0) is 19.1 Å². The molecule has 0 fully saturated rings. The second-order valence-corrected chi connectivity index (χ2v) is 8.98. The number of nitro benzene ring substituents is 1. The lowest BCUT2D eigenvalue weighted by Gasteiger charge is -2.07. The van der Waals surface area contributed by atoms with Gasteiger partial charge < -0.3 is 9.88 Å². The highest BCUT2D eigenvalue weighted by atomic mass is 35.5. The maximum Gasteiger partial charge on any atom is 0.270 e. The number of thiazole rings is 1. The maximum atomic E-state index is 12.5. The molecular weight excluding hydrogens is 484 g/mol. The lowest BCUT2D eigenvalue weighted by atomic mass is 10.2. The van der Waals surface area contributed by atoms with Crippen LogP contribution in [0.15, 0.2) is 59.1 Å². The molecule has 0 radical (unpaired) electrons. The fraction of sp³-hybridized carbons (Fsp3) is 0.143. The zero-order valence-corrected chi connectivity index (χ0v) is 19.7. The zero-order valence-electron chi connectivity index (χ0n) is 17.3. The first kappa shape index (κ1) is 22.9. The van der Waals surface area contributed by atoms with E-state index in [4.69, 9.17) is 11.6 Å². The number of thioether (sulfide) groups is 1. The number of halogens is 1. The molecule has 0 aliphatic rings. The van der Waals surface area contributed by atoms with Crippen molar-refractivity contribution in [3.8, 4) is 22.6 Å². The van der Waals surface area contributed by atoms with Gasteiger partial charge in [0.05, 0.1) is 16.4 Å². The number of nitro groups is 1. The molecular formula is C21H17ClN6O3S2. The van der Waals surface area contributed by atoms with Crippen LogP contribution in [-0.2, 0) is 11.3 Å². The number of hydrogen-bond acceptors (Lipinski definition) is 8. The minimum absolute atomic E-state index is 0.0202. The molecule has 0 aliphatic carbocycles. The van der Waals surface area contributed by atoms with Crippen molar-refractivity contribution in [3.05, 3.63) is 69.0 Å². The van der Waals surface area contributed by atoms with Crippen LogP contribution < -0.4 is 5.32 Å². The summed E-state index contributed by atoms with van der Waals surface area (Å²) < 4.78 is 1.82. The van der Waals surface area contributed by atoms with Crippen LogP contribution in [0.4, 0.5) is 10.8 Å². The number of amides is 1. The van der Waals surface area contributed by atoms with Crippen LogP contribution in [0, 0.1) is 10.1 Å². The van der Waals surface area contributed by atoms with Crippen molar-refractivity contribution >= 4 is 51.4 Å². The summed E-state index contributed by atoms with van der Waals surface area (Å²) in [4.78, 5) is 27.5. The van der Waals surface area contributed by atoms with Gasteiger partial charge in [-0.25, -0.2) is 4.98 Å². The van der Waals surface area contributed by atoms with Crippen molar-refractivity contribution in [2.75, 3.05) is 11.1 Å². The zero-order chi connectivity index (χ0) is 23.4. The molecule has 0 atom stereocenters. The second-order valence-electron chi connectivity index (χ2n) is 6.74. The Morgan fingerprint density at radius 1 is 1.21 bits per heavy atom. The van der Waals surface area contributed by atoms with E-state index in [1.807, 2.05) is 29.0 Å². The summed E-state index contributed by atoms with van der Waals surface area (Å²) >= 11 is 8.49. The van der Waals surface area contributed by atoms with E-state index in [1.54, 1.807) is 24.3 Å². The number of anilines is 1. The fourth-order valence-electron chi connectivity index (χ4n) is 3.02. The summed E-state index contributed by atoms with van der Waals surface area (Å²) in [6.07, 6.45) is 0. The van der Waals surface area contributed by atoms with E-state index in [2.05, 4.69) is 20.5 Å². The highest BCUT2D eigenvalue weighted by Gasteiger charge is 2.17. The van der Waals surface area contributed by atoms with Crippen molar-refractivity contribution in [2.24, 2.45) is 0 Å².